The van der Waals surface area contributed by atoms with E-state index in [1.807, 2.05) is 16.9 Å². The van der Waals surface area contributed by atoms with Gasteiger partial charge < -0.3 is 5.73 Å². The molecule has 0 saturated carbocycles. The standard InChI is InChI=1S/C14H19N3/c1-11(2)12-4-6-13(7-5-12)14(10-15)17-9-3-8-16-17/h3-9,11,14H,10,15H2,1-2H3. The highest BCUT2D eigenvalue weighted by molar-refractivity contribution is 5.27. The second-order valence-corrected chi connectivity index (χ2v) is 4.56. The second-order valence-electron chi connectivity index (χ2n) is 4.56. The molecule has 1 unspecified atom stereocenters. The highest BCUT2D eigenvalue weighted by Gasteiger charge is 2.11. The Kier molecular flexibility index (Phi) is 3.59. The van der Waals surface area contributed by atoms with Gasteiger partial charge in [0.1, 0.15) is 0 Å². The van der Waals surface area contributed by atoms with Gasteiger partial charge in [0.15, 0.2) is 0 Å². The summed E-state index contributed by atoms with van der Waals surface area (Å²) in [5, 5.41) is 4.26. The number of benzene rings is 1. The molecule has 0 saturated heterocycles. The van der Waals surface area contributed by atoms with Gasteiger partial charge in [-0.15, -0.1) is 0 Å². The molecule has 0 bridgehead atoms. The van der Waals surface area contributed by atoms with E-state index in [0.29, 0.717) is 12.5 Å². The van der Waals surface area contributed by atoms with Gasteiger partial charge in [-0.05, 0) is 23.1 Å². The first-order valence-corrected chi connectivity index (χ1v) is 6.01. The summed E-state index contributed by atoms with van der Waals surface area (Å²) in [5.74, 6) is 0.560. The van der Waals surface area contributed by atoms with Crippen LogP contribution in [-0.4, -0.2) is 16.3 Å². The van der Waals surface area contributed by atoms with Crippen molar-refractivity contribution in [3.8, 4) is 0 Å². The van der Waals surface area contributed by atoms with E-state index in [4.69, 9.17) is 5.73 Å². The number of hydrogen-bond acceptors (Lipinski definition) is 2. The van der Waals surface area contributed by atoms with Crippen LogP contribution in [0.4, 0.5) is 0 Å². The molecular weight excluding hydrogens is 210 g/mol. The van der Waals surface area contributed by atoms with Gasteiger partial charge in [-0.3, -0.25) is 4.68 Å². The van der Waals surface area contributed by atoms with Crippen LogP contribution in [0.2, 0.25) is 0 Å². The molecule has 1 aromatic carbocycles. The maximum absolute atomic E-state index is 5.83. The summed E-state index contributed by atoms with van der Waals surface area (Å²) in [6, 6.07) is 10.7. The summed E-state index contributed by atoms with van der Waals surface area (Å²) in [6.45, 7) is 4.95. The van der Waals surface area contributed by atoms with Crippen LogP contribution in [0.1, 0.15) is 36.9 Å². The van der Waals surface area contributed by atoms with E-state index < -0.39 is 0 Å². The molecule has 0 radical (unpaired) electrons. The first-order valence-electron chi connectivity index (χ1n) is 6.01. The Hall–Kier alpha value is -1.61. The molecule has 17 heavy (non-hydrogen) atoms. The van der Waals surface area contributed by atoms with Crippen LogP contribution >= 0.6 is 0 Å². The summed E-state index contributed by atoms with van der Waals surface area (Å²) in [7, 11) is 0. The minimum atomic E-state index is 0.131. The third kappa shape index (κ3) is 2.56. The predicted molar refractivity (Wildman–Crippen MR) is 70.0 cm³/mol. The van der Waals surface area contributed by atoms with Crippen LogP contribution in [-0.2, 0) is 0 Å². The molecule has 0 aliphatic carbocycles. The second kappa shape index (κ2) is 5.15. The zero-order valence-corrected chi connectivity index (χ0v) is 10.4. The predicted octanol–water partition coefficient (Wildman–Crippen LogP) is 2.55. The van der Waals surface area contributed by atoms with Gasteiger partial charge in [0, 0.05) is 18.9 Å². The van der Waals surface area contributed by atoms with Gasteiger partial charge in [-0.25, -0.2) is 0 Å². The Balaban J connectivity index is 2.26. The molecule has 1 heterocycles. The molecule has 0 aliphatic rings. The summed E-state index contributed by atoms with van der Waals surface area (Å²) >= 11 is 0. The summed E-state index contributed by atoms with van der Waals surface area (Å²) in [6.07, 6.45) is 3.74. The van der Waals surface area contributed by atoms with Crippen molar-refractivity contribution >= 4 is 0 Å². The van der Waals surface area contributed by atoms with Crippen molar-refractivity contribution in [3.05, 3.63) is 53.9 Å². The first kappa shape index (κ1) is 11.9. The molecule has 2 aromatic rings. The van der Waals surface area contributed by atoms with E-state index in [-0.39, 0.29) is 6.04 Å². The topological polar surface area (TPSA) is 43.8 Å². The van der Waals surface area contributed by atoms with Crippen LogP contribution in [0.3, 0.4) is 0 Å². The van der Waals surface area contributed by atoms with Crippen molar-refractivity contribution in [2.24, 2.45) is 5.73 Å². The summed E-state index contributed by atoms with van der Waals surface area (Å²) < 4.78 is 1.91. The van der Waals surface area contributed by atoms with Crippen molar-refractivity contribution in [2.45, 2.75) is 25.8 Å². The van der Waals surface area contributed by atoms with E-state index in [9.17, 15) is 0 Å². The SMILES string of the molecule is CC(C)c1ccc(C(CN)n2cccn2)cc1. The molecular formula is C14H19N3. The maximum atomic E-state index is 5.83. The Bertz CT molecular complexity index is 443. The summed E-state index contributed by atoms with van der Waals surface area (Å²) in [5.41, 5.74) is 8.39. The normalized spacial score (nSPS) is 12.9. The molecule has 3 heteroatoms. The third-order valence-electron chi connectivity index (χ3n) is 3.06. The number of aromatic nitrogens is 2. The molecule has 3 nitrogen and oxygen atoms in total. The van der Waals surface area contributed by atoms with Gasteiger partial charge >= 0.3 is 0 Å². The smallest absolute Gasteiger partial charge is 0.0890 e. The van der Waals surface area contributed by atoms with Gasteiger partial charge in [0.05, 0.1) is 6.04 Å². The molecule has 1 atom stereocenters. The maximum Gasteiger partial charge on any atom is 0.0890 e. The fraction of sp³-hybridized carbons (Fsp3) is 0.357. The zero-order chi connectivity index (χ0) is 12.3. The Labute approximate surface area is 102 Å². The quantitative estimate of drug-likeness (QED) is 0.875. The lowest BCUT2D eigenvalue weighted by molar-refractivity contribution is 0.532. The lowest BCUT2D eigenvalue weighted by atomic mass is 9.99. The van der Waals surface area contributed by atoms with E-state index in [1.54, 1.807) is 6.20 Å². The lowest BCUT2D eigenvalue weighted by Gasteiger charge is -2.16. The molecule has 1 aromatic heterocycles. The van der Waals surface area contributed by atoms with E-state index in [2.05, 4.69) is 43.2 Å². The van der Waals surface area contributed by atoms with Gasteiger partial charge in [0.2, 0.25) is 0 Å². The molecule has 0 spiro atoms. The highest BCUT2D eigenvalue weighted by Crippen LogP contribution is 2.20. The highest BCUT2D eigenvalue weighted by atomic mass is 15.3. The molecule has 0 fully saturated rings. The Morgan fingerprint density at radius 2 is 1.82 bits per heavy atom. The number of hydrogen-bond donors (Lipinski definition) is 1. The number of nitrogens with two attached hydrogens (primary N) is 1. The fourth-order valence-electron chi connectivity index (χ4n) is 1.96. The number of rotatable bonds is 4. The van der Waals surface area contributed by atoms with E-state index in [0.717, 1.165) is 0 Å². The molecule has 90 valence electrons. The van der Waals surface area contributed by atoms with Crippen LogP contribution in [0.5, 0.6) is 0 Å². The van der Waals surface area contributed by atoms with Gasteiger partial charge in [0.25, 0.3) is 0 Å². The van der Waals surface area contributed by atoms with Gasteiger partial charge in [-0.1, -0.05) is 38.1 Å². The lowest BCUT2D eigenvalue weighted by Crippen LogP contribution is -2.20. The number of nitrogens with zero attached hydrogens (tertiary/aromatic N) is 2. The minimum Gasteiger partial charge on any atom is -0.328 e. The molecule has 2 rings (SSSR count). The van der Waals surface area contributed by atoms with Crippen molar-refractivity contribution in [3.63, 3.8) is 0 Å². The van der Waals surface area contributed by atoms with Crippen LogP contribution in [0.15, 0.2) is 42.7 Å². The third-order valence-corrected chi connectivity index (χ3v) is 3.06. The van der Waals surface area contributed by atoms with E-state index >= 15 is 0 Å². The van der Waals surface area contributed by atoms with E-state index in [1.165, 1.54) is 11.1 Å². The minimum absolute atomic E-state index is 0.131. The monoisotopic (exact) mass is 229 g/mol. The average Bonchev–Trinajstić information content (AvgIpc) is 2.84. The fourth-order valence-corrected chi connectivity index (χ4v) is 1.96. The Morgan fingerprint density at radius 1 is 1.18 bits per heavy atom. The van der Waals surface area contributed by atoms with Crippen molar-refractivity contribution in [1.82, 2.24) is 9.78 Å². The largest absolute Gasteiger partial charge is 0.328 e. The van der Waals surface area contributed by atoms with Crippen molar-refractivity contribution in [2.75, 3.05) is 6.54 Å². The van der Waals surface area contributed by atoms with Crippen LogP contribution in [0.25, 0.3) is 0 Å². The molecule has 0 aliphatic heterocycles. The average molecular weight is 229 g/mol. The first-order chi connectivity index (χ1) is 8.22. The van der Waals surface area contributed by atoms with Gasteiger partial charge in [-0.2, -0.15) is 5.10 Å². The molecule has 2 N–H and O–H groups in total. The summed E-state index contributed by atoms with van der Waals surface area (Å²) in [4.78, 5) is 0. The molecule has 0 amide bonds. The van der Waals surface area contributed by atoms with Crippen molar-refractivity contribution < 1.29 is 0 Å². The van der Waals surface area contributed by atoms with Crippen LogP contribution in [0, 0.1) is 0 Å². The van der Waals surface area contributed by atoms with Crippen molar-refractivity contribution in [1.29, 1.82) is 0 Å². The Morgan fingerprint density at radius 3 is 2.29 bits per heavy atom. The van der Waals surface area contributed by atoms with Crippen LogP contribution < -0.4 is 5.73 Å². The zero-order valence-electron chi connectivity index (χ0n) is 10.4.